The Morgan fingerprint density at radius 3 is 2.79 bits per heavy atom. The molecule has 1 fully saturated rings. The number of anilines is 1. The van der Waals surface area contributed by atoms with Crippen molar-refractivity contribution in [2.75, 3.05) is 24.5 Å². The zero-order chi connectivity index (χ0) is 14.0. The van der Waals surface area contributed by atoms with Crippen LogP contribution < -0.4 is 10.2 Å². The minimum atomic E-state index is -0.397. The number of nitro groups is 1. The maximum atomic E-state index is 10.9. The van der Waals surface area contributed by atoms with E-state index in [1.165, 1.54) is 6.20 Å². The Balaban J connectivity index is 2.37. The van der Waals surface area contributed by atoms with Crippen molar-refractivity contribution in [1.29, 1.82) is 0 Å². The highest BCUT2D eigenvalue weighted by Crippen LogP contribution is 2.34. The number of halogens is 1. The van der Waals surface area contributed by atoms with Gasteiger partial charge < -0.3 is 10.2 Å². The highest BCUT2D eigenvalue weighted by Gasteiger charge is 2.28. The van der Waals surface area contributed by atoms with Crippen molar-refractivity contribution in [3.8, 4) is 0 Å². The minimum Gasteiger partial charge on any atom is -0.350 e. The van der Waals surface area contributed by atoms with E-state index in [-0.39, 0.29) is 5.69 Å². The van der Waals surface area contributed by atoms with E-state index in [0.29, 0.717) is 11.6 Å². The van der Waals surface area contributed by atoms with Crippen molar-refractivity contribution < 1.29 is 4.92 Å². The van der Waals surface area contributed by atoms with Crippen molar-refractivity contribution in [2.45, 2.75) is 26.3 Å². The summed E-state index contributed by atoms with van der Waals surface area (Å²) >= 11 is 3.46. The average molecular weight is 329 g/mol. The van der Waals surface area contributed by atoms with Gasteiger partial charge in [0, 0.05) is 25.2 Å². The Kier molecular flexibility index (Phi) is 4.36. The minimum absolute atomic E-state index is 0.0545. The van der Waals surface area contributed by atoms with Gasteiger partial charge in [0.25, 0.3) is 5.69 Å². The Morgan fingerprint density at radius 1 is 1.63 bits per heavy atom. The number of hydrogen-bond acceptors (Lipinski definition) is 5. The first kappa shape index (κ1) is 14.2. The lowest BCUT2D eigenvalue weighted by atomic mass is 10.1. The molecule has 1 aromatic heterocycles. The number of hydrogen-bond donors (Lipinski definition) is 1. The van der Waals surface area contributed by atoms with Crippen LogP contribution in [0.15, 0.2) is 10.7 Å². The molecule has 7 heteroatoms. The van der Waals surface area contributed by atoms with Crippen LogP contribution in [0.4, 0.5) is 11.5 Å². The lowest BCUT2D eigenvalue weighted by Crippen LogP contribution is -2.58. The molecule has 19 heavy (non-hydrogen) atoms. The van der Waals surface area contributed by atoms with Gasteiger partial charge in [0.2, 0.25) is 0 Å². The van der Waals surface area contributed by atoms with Gasteiger partial charge in [-0.2, -0.15) is 0 Å². The van der Waals surface area contributed by atoms with E-state index in [2.05, 4.69) is 38.1 Å². The van der Waals surface area contributed by atoms with Gasteiger partial charge in [0.05, 0.1) is 15.4 Å². The molecule has 0 atom stereocenters. The third-order valence-electron chi connectivity index (χ3n) is 3.35. The van der Waals surface area contributed by atoms with Crippen LogP contribution in [0, 0.1) is 17.0 Å². The number of nitrogens with one attached hydrogen (secondary N) is 1. The largest absolute Gasteiger partial charge is 0.350 e. The first-order valence-electron chi connectivity index (χ1n) is 6.33. The standard InChI is InChI=1S/C12H17BrN4O2/c1-3-4-16(9-5-14-6-9)12-11(13)8(2)10(7-15-12)17(18)19/h7,9,14H,3-6H2,1-2H3. The lowest BCUT2D eigenvalue weighted by Gasteiger charge is -2.39. The normalized spacial score (nSPS) is 15.1. The summed E-state index contributed by atoms with van der Waals surface area (Å²) in [5, 5.41) is 14.1. The van der Waals surface area contributed by atoms with Crippen LogP contribution in [0.2, 0.25) is 0 Å². The first-order chi connectivity index (χ1) is 9.06. The fourth-order valence-electron chi connectivity index (χ4n) is 2.14. The first-order valence-corrected chi connectivity index (χ1v) is 7.12. The van der Waals surface area contributed by atoms with Crippen molar-refractivity contribution >= 4 is 27.4 Å². The molecule has 0 aliphatic carbocycles. The second kappa shape index (κ2) is 5.83. The fraction of sp³-hybridized carbons (Fsp3) is 0.583. The molecule has 0 amide bonds. The van der Waals surface area contributed by atoms with Crippen molar-refractivity contribution in [1.82, 2.24) is 10.3 Å². The topological polar surface area (TPSA) is 71.3 Å². The molecule has 1 saturated heterocycles. The smallest absolute Gasteiger partial charge is 0.291 e. The highest BCUT2D eigenvalue weighted by molar-refractivity contribution is 9.10. The number of pyridine rings is 1. The van der Waals surface area contributed by atoms with E-state index < -0.39 is 4.92 Å². The Hall–Kier alpha value is -1.21. The molecule has 2 rings (SSSR count). The highest BCUT2D eigenvalue weighted by atomic mass is 79.9. The third-order valence-corrected chi connectivity index (χ3v) is 4.30. The predicted molar refractivity (Wildman–Crippen MR) is 77.6 cm³/mol. The van der Waals surface area contributed by atoms with Crippen LogP contribution in [0.1, 0.15) is 18.9 Å². The molecular formula is C12H17BrN4O2. The summed E-state index contributed by atoms with van der Waals surface area (Å²) in [6, 6.07) is 0.421. The van der Waals surface area contributed by atoms with E-state index in [1.54, 1.807) is 6.92 Å². The summed E-state index contributed by atoms with van der Waals surface area (Å²) in [6.07, 6.45) is 2.37. The molecule has 0 saturated carbocycles. The fourth-order valence-corrected chi connectivity index (χ4v) is 2.67. The maximum Gasteiger partial charge on any atom is 0.291 e. The molecule has 1 aliphatic heterocycles. The summed E-state index contributed by atoms with van der Waals surface area (Å²) in [5.74, 6) is 0.802. The summed E-state index contributed by atoms with van der Waals surface area (Å²) in [4.78, 5) is 17.0. The molecule has 6 nitrogen and oxygen atoms in total. The summed E-state index contributed by atoms with van der Waals surface area (Å²) in [5.41, 5.74) is 0.683. The molecule has 0 unspecified atom stereocenters. The third kappa shape index (κ3) is 2.71. The SMILES string of the molecule is CCCN(c1ncc([N+](=O)[O-])c(C)c1Br)C1CNC1. The number of aromatic nitrogens is 1. The molecule has 0 bridgehead atoms. The zero-order valence-corrected chi connectivity index (χ0v) is 12.6. The number of nitrogens with zero attached hydrogens (tertiary/aromatic N) is 3. The van der Waals surface area contributed by atoms with Gasteiger partial charge >= 0.3 is 0 Å². The van der Waals surface area contributed by atoms with Crippen LogP contribution in [-0.2, 0) is 0 Å². The van der Waals surface area contributed by atoms with E-state index in [1.807, 2.05) is 0 Å². The van der Waals surface area contributed by atoms with Crippen LogP contribution >= 0.6 is 15.9 Å². The van der Waals surface area contributed by atoms with Gasteiger partial charge in [-0.15, -0.1) is 0 Å². The Morgan fingerprint density at radius 2 is 2.32 bits per heavy atom. The summed E-state index contributed by atoms with van der Waals surface area (Å²) in [6.45, 7) is 6.63. The van der Waals surface area contributed by atoms with Crippen molar-refractivity contribution in [2.24, 2.45) is 0 Å². The average Bonchev–Trinajstić information content (AvgIpc) is 2.29. The molecule has 0 spiro atoms. The van der Waals surface area contributed by atoms with Crippen LogP contribution in [0.5, 0.6) is 0 Å². The Bertz CT molecular complexity index is 491. The van der Waals surface area contributed by atoms with Crippen LogP contribution in [0.3, 0.4) is 0 Å². The number of rotatable bonds is 5. The molecule has 0 aromatic carbocycles. The molecular weight excluding hydrogens is 312 g/mol. The molecule has 0 radical (unpaired) electrons. The van der Waals surface area contributed by atoms with E-state index in [9.17, 15) is 10.1 Å². The molecule has 1 aromatic rings. The second-order valence-electron chi connectivity index (χ2n) is 4.67. The van der Waals surface area contributed by atoms with Gasteiger partial charge in [0.1, 0.15) is 12.0 Å². The van der Waals surface area contributed by atoms with E-state index in [4.69, 9.17) is 0 Å². The van der Waals surface area contributed by atoms with E-state index in [0.717, 1.165) is 36.3 Å². The maximum absolute atomic E-state index is 10.9. The lowest BCUT2D eigenvalue weighted by molar-refractivity contribution is -0.385. The monoisotopic (exact) mass is 328 g/mol. The Labute approximate surface area is 120 Å². The van der Waals surface area contributed by atoms with Crippen LogP contribution in [-0.4, -0.2) is 35.6 Å². The molecule has 1 N–H and O–H groups in total. The van der Waals surface area contributed by atoms with Gasteiger partial charge in [-0.25, -0.2) is 4.98 Å². The summed E-state index contributed by atoms with van der Waals surface area (Å²) < 4.78 is 0.724. The zero-order valence-electron chi connectivity index (χ0n) is 11.0. The summed E-state index contributed by atoms with van der Waals surface area (Å²) in [7, 11) is 0. The quantitative estimate of drug-likeness (QED) is 0.663. The molecule has 104 valence electrons. The molecule has 2 heterocycles. The van der Waals surface area contributed by atoms with Crippen molar-refractivity contribution in [3.63, 3.8) is 0 Å². The van der Waals surface area contributed by atoms with Gasteiger partial charge in [-0.05, 0) is 29.3 Å². The second-order valence-corrected chi connectivity index (χ2v) is 5.46. The molecule has 1 aliphatic rings. The van der Waals surface area contributed by atoms with Crippen molar-refractivity contribution in [3.05, 3.63) is 26.3 Å². The van der Waals surface area contributed by atoms with Gasteiger partial charge in [-0.3, -0.25) is 10.1 Å². The van der Waals surface area contributed by atoms with Gasteiger partial charge in [0.15, 0.2) is 0 Å². The van der Waals surface area contributed by atoms with E-state index >= 15 is 0 Å². The predicted octanol–water partition coefficient (Wildman–Crippen LogP) is 2.25. The van der Waals surface area contributed by atoms with Gasteiger partial charge in [-0.1, -0.05) is 6.92 Å². The van der Waals surface area contributed by atoms with Crippen LogP contribution in [0.25, 0.3) is 0 Å².